The van der Waals surface area contributed by atoms with E-state index in [1.165, 1.54) is 90.2 Å². The predicted molar refractivity (Wildman–Crippen MR) is 241 cm³/mol. The maximum absolute atomic E-state index is 2.43. The first-order valence-corrected chi connectivity index (χ1v) is 20.3. The quantitative estimate of drug-likeness (QED) is 0.164. The first-order chi connectivity index (χ1) is 27.2. The molecule has 2 heterocycles. The van der Waals surface area contributed by atoms with Crippen LogP contribution in [0.1, 0.15) is 0 Å². The predicted octanol–water partition coefficient (Wildman–Crippen LogP) is 16.0. The summed E-state index contributed by atoms with van der Waals surface area (Å²) in [5, 5.41) is 7.74. The van der Waals surface area contributed by atoms with Crippen molar-refractivity contribution in [3.63, 3.8) is 0 Å². The van der Waals surface area contributed by atoms with Gasteiger partial charge < -0.3 is 4.90 Å². The Balaban J connectivity index is 1.05. The van der Waals surface area contributed by atoms with Crippen LogP contribution in [0.2, 0.25) is 0 Å². The number of thiophene rings is 2. The second kappa shape index (κ2) is 13.1. The molecule has 55 heavy (non-hydrogen) atoms. The lowest BCUT2D eigenvalue weighted by molar-refractivity contribution is 1.30. The van der Waals surface area contributed by atoms with Gasteiger partial charge in [0.1, 0.15) is 0 Å². The third-order valence-electron chi connectivity index (χ3n) is 10.9. The number of nitrogens with zero attached hydrogens (tertiary/aromatic N) is 1. The van der Waals surface area contributed by atoms with E-state index in [4.69, 9.17) is 0 Å². The molecule has 0 saturated heterocycles. The van der Waals surface area contributed by atoms with E-state index in [-0.39, 0.29) is 0 Å². The summed E-state index contributed by atoms with van der Waals surface area (Å²) >= 11 is 3.76. The minimum Gasteiger partial charge on any atom is -0.309 e. The average molecular weight is 736 g/mol. The molecule has 0 amide bonds. The lowest BCUT2D eigenvalue weighted by Crippen LogP contribution is -2.10. The summed E-state index contributed by atoms with van der Waals surface area (Å²) in [6.45, 7) is 0. The zero-order chi connectivity index (χ0) is 36.3. The molecule has 0 aliphatic rings. The minimum absolute atomic E-state index is 1.12. The third-order valence-corrected chi connectivity index (χ3v) is 13.3. The van der Waals surface area contributed by atoms with Crippen molar-refractivity contribution in [3.05, 3.63) is 200 Å². The maximum atomic E-state index is 2.43. The third kappa shape index (κ3) is 5.51. The summed E-state index contributed by atoms with van der Waals surface area (Å²) in [6, 6.07) is 73.4. The van der Waals surface area contributed by atoms with Gasteiger partial charge in [-0.25, -0.2) is 0 Å². The van der Waals surface area contributed by atoms with E-state index in [1.807, 2.05) is 22.7 Å². The zero-order valence-corrected chi connectivity index (χ0v) is 31.4. The van der Waals surface area contributed by atoms with Crippen molar-refractivity contribution in [2.75, 3.05) is 4.90 Å². The summed E-state index contributed by atoms with van der Waals surface area (Å²) in [4.78, 5) is 2.43. The number of hydrogen-bond donors (Lipinski definition) is 0. The number of hydrogen-bond acceptors (Lipinski definition) is 3. The van der Waals surface area contributed by atoms with Gasteiger partial charge in [0.15, 0.2) is 0 Å². The van der Waals surface area contributed by atoms with Crippen molar-refractivity contribution < 1.29 is 0 Å². The summed E-state index contributed by atoms with van der Waals surface area (Å²) in [5.74, 6) is 0. The van der Waals surface area contributed by atoms with Crippen molar-refractivity contribution in [1.82, 2.24) is 0 Å². The Morgan fingerprint density at radius 2 is 0.891 bits per heavy atom. The van der Waals surface area contributed by atoms with Crippen LogP contribution in [0, 0.1) is 0 Å². The van der Waals surface area contributed by atoms with Crippen molar-refractivity contribution in [2.45, 2.75) is 0 Å². The van der Waals surface area contributed by atoms with Crippen LogP contribution in [-0.4, -0.2) is 0 Å². The molecule has 0 radical (unpaired) electrons. The Morgan fingerprint density at radius 1 is 0.309 bits per heavy atom. The molecule has 0 aliphatic carbocycles. The monoisotopic (exact) mass is 735 g/mol. The van der Waals surface area contributed by atoms with Gasteiger partial charge in [-0.3, -0.25) is 0 Å². The van der Waals surface area contributed by atoms with E-state index in [9.17, 15) is 0 Å². The molecule has 0 fully saturated rings. The molecular formula is C52H33NS2. The molecule has 0 saturated carbocycles. The molecule has 0 atom stereocenters. The fourth-order valence-corrected chi connectivity index (χ4v) is 10.6. The van der Waals surface area contributed by atoms with E-state index >= 15 is 0 Å². The van der Waals surface area contributed by atoms with Gasteiger partial charge in [-0.05, 0) is 92.7 Å². The van der Waals surface area contributed by atoms with Crippen molar-refractivity contribution in [2.24, 2.45) is 0 Å². The van der Waals surface area contributed by atoms with Crippen LogP contribution in [0.4, 0.5) is 17.1 Å². The van der Waals surface area contributed by atoms with E-state index < -0.39 is 0 Å². The van der Waals surface area contributed by atoms with Gasteiger partial charge in [0.2, 0.25) is 0 Å². The second-order valence-corrected chi connectivity index (χ2v) is 16.2. The lowest BCUT2D eigenvalue weighted by Gasteiger charge is -2.26. The summed E-state index contributed by atoms with van der Waals surface area (Å²) < 4.78 is 5.24. The zero-order valence-electron chi connectivity index (χ0n) is 29.8. The molecule has 0 N–H and O–H groups in total. The minimum atomic E-state index is 1.12. The molecule has 0 bridgehead atoms. The topological polar surface area (TPSA) is 3.24 Å². The molecule has 1 nitrogen and oxygen atoms in total. The van der Waals surface area contributed by atoms with Crippen LogP contribution in [0.5, 0.6) is 0 Å². The molecule has 2 aromatic heterocycles. The van der Waals surface area contributed by atoms with E-state index in [0.29, 0.717) is 0 Å². The lowest BCUT2D eigenvalue weighted by atomic mass is 10.0. The van der Waals surface area contributed by atoms with E-state index in [2.05, 4.69) is 205 Å². The van der Waals surface area contributed by atoms with Gasteiger partial charge in [-0.15, -0.1) is 22.7 Å². The molecule has 3 heteroatoms. The van der Waals surface area contributed by atoms with E-state index in [1.54, 1.807) is 0 Å². The van der Waals surface area contributed by atoms with Gasteiger partial charge >= 0.3 is 0 Å². The summed E-state index contributed by atoms with van der Waals surface area (Å²) in [7, 11) is 0. The van der Waals surface area contributed by atoms with Crippen LogP contribution in [0.25, 0.3) is 84.5 Å². The van der Waals surface area contributed by atoms with E-state index in [0.717, 1.165) is 11.4 Å². The Labute approximate surface area is 327 Å². The van der Waals surface area contributed by atoms with Crippen molar-refractivity contribution in [3.8, 4) is 33.4 Å². The standard InChI is InChI=1S/C52H33NS2/c1-2-11-37(12-3-1)43-15-8-16-46-47-17-9-18-48(52(47)55-51(43)46)53(41-27-22-35(23-28-41)39-21-20-34-10-4-5-13-38(34)32-39)42-29-24-36(25-30-42)40-26-31-45-44-14-6-7-19-49(44)54-50(45)33-40/h1-33H. The highest BCUT2D eigenvalue weighted by molar-refractivity contribution is 7.27. The SMILES string of the molecule is c1ccc(-c2cccc3c2sc2c(N(c4ccc(-c5ccc6ccccc6c5)cc4)c4ccc(-c5ccc6c(c5)sc5ccccc56)cc4)cccc23)cc1. The number of fused-ring (bicyclic) bond motifs is 7. The molecule has 0 spiro atoms. The first-order valence-electron chi connectivity index (χ1n) is 18.7. The van der Waals surface area contributed by atoms with Crippen LogP contribution < -0.4 is 4.90 Å². The smallest absolute Gasteiger partial charge is 0.0640 e. The summed E-state index contributed by atoms with van der Waals surface area (Å²) in [6.07, 6.45) is 0. The maximum Gasteiger partial charge on any atom is 0.0640 e. The Hall–Kier alpha value is -6.52. The summed E-state index contributed by atoms with van der Waals surface area (Å²) in [5.41, 5.74) is 10.8. The molecule has 9 aromatic carbocycles. The molecule has 11 rings (SSSR count). The fourth-order valence-electron chi connectivity index (χ4n) is 8.13. The van der Waals surface area contributed by atoms with Gasteiger partial charge in [-0.1, -0.05) is 152 Å². The Bertz CT molecular complexity index is 3190. The molecule has 258 valence electrons. The highest BCUT2D eigenvalue weighted by atomic mass is 32.1. The number of anilines is 3. The average Bonchev–Trinajstić information content (AvgIpc) is 3.83. The molecule has 0 aliphatic heterocycles. The Morgan fingerprint density at radius 3 is 1.67 bits per heavy atom. The van der Waals surface area contributed by atoms with Crippen LogP contribution in [0.15, 0.2) is 200 Å². The molecule has 0 unspecified atom stereocenters. The highest BCUT2D eigenvalue weighted by Gasteiger charge is 2.20. The number of benzene rings is 9. The molecular weight excluding hydrogens is 703 g/mol. The van der Waals surface area contributed by atoms with Crippen LogP contribution in [-0.2, 0) is 0 Å². The van der Waals surface area contributed by atoms with Crippen LogP contribution >= 0.6 is 22.7 Å². The largest absolute Gasteiger partial charge is 0.309 e. The van der Waals surface area contributed by atoms with Gasteiger partial charge in [-0.2, -0.15) is 0 Å². The van der Waals surface area contributed by atoms with Crippen molar-refractivity contribution in [1.29, 1.82) is 0 Å². The first kappa shape index (κ1) is 32.0. The second-order valence-electron chi connectivity index (χ2n) is 14.1. The Kier molecular flexibility index (Phi) is 7.61. The van der Waals surface area contributed by atoms with Gasteiger partial charge in [0.05, 0.1) is 10.4 Å². The van der Waals surface area contributed by atoms with Crippen molar-refractivity contribution >= 4 is 90.9 Å². The number of rotatable bonds is 6. The molecule has 11 aromatic rings. The van der Waals surface area contributed by atoms with Crippen LogP contribution in [0.3, 0.4) is 0 Å². The van der Waals surface area contributed by atoms with Gasteiger partial charge in [0.25, 0.3) is 0 Å². The van der Waals surface area contributed by atoms with Gasteiger partial charge in [0, 0.05) is 47.0 Å². The normalized spacial score (nSPS) is 11.6. The highest BCUT2D eigenvalue weighted by Crippen LogP contribution is 2.47. The fraction of sp³-hybridized carbons (Fsp3) is 0.